The van der Waals surface area contributed by atoms with Gasteiger partial charge in [0, 0.05) is 32.2 Å². The highest BCUT2D eigenvalue weighted by Gasteiger charge is 2.21. The first-order chi connectivity index (χ1) is 9.56. The van der Waals surface area contributed by atoms with Crippen LogP contribution in [0, 0.1) is 5.92 Å². The molecule has 1 saturated heterocycles. The first kappa shape index (κ1) is 15.2. The summed E-state index contributed by atoms with van der Waals surface area (Å²) in [6.07, 6.45) is 3.80. The molecule has 20 heavy (non-hydrogen) atoms. The van der Waals surface area contributed by atoms with Crippen molar-refractivity contribution in [1.29, 1.82) is 0 Å². The van der Waals surface area contributed by atoms with Crippen LogP contribution in [-0.4, -0.2) is 54.1 Å². The third kappa shape index (κ3) is 4.15. The van der Waals surface area contributed by atoms with E-state index >= 15 is 0 Å². The van der Waals surface area contributed by atoms with E-state index in [1.807, 2.05) is 12.4 Å². The Hall–Kier alpha value is -1.20. The molecule has 2 heterocycles. The molecule has 2 rings (SSSR count). The van der Waals surface area contributed by atoms with Gasteiger partial charge in [-0.05, 0) is 26.4 Å². The summed E-state index contributed by atoms with van der Waals surface area (Å²) in [6, 6.07) is 0.568. The van der Waals surface area contributed by atoms with Crippen molar-refractivity contribution in [3.8, 4) is 0 Å². The van der Waals surface area contributed by atoms with E-state index in [4.69, 9.17) is 0 Å². The van der Waals surface area contributed by atoms with Gasteiger partial charge in [0.1, 0.15) is 5.82 Å². The summed E-state index contributed by atoms with van der Waals surface area (Å²) in [7, 11) is 2.18. The molecule has 0 radical (unpaired) electrons. The summed E-state index contributed by atoms with van der Waals surface area (Å²) in [4.78, 5) is 13.8. The van der Waals surface area contributed by atoms with Crippen LogP contribution in [0.3, 0.4) is 0 Å². The van der Waals surface area contributed by atoms with Crippen LogP contribution in [0.4, 0.5) is 5.82 Å². The average molecular weight is 277 g/mol. The Morgan fingerprint density at radius 2 is 2.10 bits per heavy atom. The lowest BCUT2D eigenvalue weighted by Gasteiger charge is -2.38. The molecule has 0 aliphatic carbocycles. The lowest BCUT2D eigenvalue weighted by Crippen LogP contribution is -2.50. The fourth-order valence-electron chi connectivity index (χ4n) is 2.35. The quantitative estimate of drug-likeness (QED) is 0.880. The molecule has 112 valence electrons. The van der Waals surface area contributed by atoms with Gasteiger partial charge in [0.15, 0.2) is 0 Å². The van der Waals surface area contributed by atoms with E-state index in [-0.39, 0.29) is 0 Å². The van der Waals surface area contributed by atoms with Gasteiger partial charge in [0.05, 0.1) is 18.1 Å². The number of anilines is 1. The predicted octanol–water partition coefficient (Wildman–Crippen LogP) is 1.36. The molecule has 5 heteroatoms. The van der Waals surface area contributed by atoms with Gasteiger partial charge in [-0.15, -0.1) is 0 Å². The van der Waals surface area contributed by atoms with Crippen LogP contribution in [0.2, 0.25) is 0 Å². The molecule has 1 aromatic heterocycles. The van der Waals surface area contributed by atoms with E-state index in [1.165, 1.54) is 0 Å². The molecule has 0 saturated carbocycles. The van der Waals surface area contributed by atoms with E-state index < -0.39 is 0 Å². The summed E-state index contributed by atoms with van der Waals surface area (Å²) in [6.45, 7) is 11.6. The zero-order chi connectivity index (χ0) is 14.5. The normalized spacial score (nSPS) is 20.6. The summed E-state index contributed by atoms with van der Waals surface area (Å²) < 4.78 is 0. The van der Waals surface area contributed by atoms with Gasteiger partial charge >= 0.3 is 0 Å². The Kier molecular flexibility index (Phi) is 5.31. The molecular weight excluding hydrogens is 250 g/mol. The number of nitrogens with zero attached hydrogens (tertiary/aromatic N) is 4. The van der Waals surface area contributed by atoms with Gasteiger partial charge in [0.25, 0.3) is 0 Å². The second-order valence-corrected chi connectivity index (χ2v) is 6.17. The van der Waals surface area contributed by atoms with Gasteiger partial charge in [-0.2, -0.15) is 0 Å². The smallest absolute Gasteiger partial charge is 0.147 e. The number of piperazine rings is 1. The van der Waals surface area contributed by atoms with E-state index in [0.29, 0.717) is 12.0 Å². The first-order valence-electron chi connectivity index (χ1n) is 7.53. The molecule has 1 N–H and O–H groups in total. The third-order valence-electron chi connectivity index (χ3n) is 3.83. The Bertz CT molecular complexity index is 403. The monoisotopic (exact) mass is 277 g/mol. The molecule has 0 spiro atoms. The highest BCUT2D eigenvalue weighted by atomic mass is 15.3. The first-order valence-corrected chi connectivity index (χ1v) is 7.53. The molecule has 1 fully saturated rings. The molecule has 1 aliphatic rings. The van der Waals surface area contributed by atoms with Crippen LogP contribution >= 0.6 is 0 Å². The lowest BCUT2D eigenvalue weighted by molar-refractivity contribution is 0.233. The topological polar surface area (TPSA) is 44.3 Å². The second-order valence-electron chi connectivity index (χ2n) is 6.17. The molecule has 5 nitrogen and oxygen atoms in total. The van der Waals surface area contributed by atoms with Crippen molar-refractivity contribution in [1.82, 2.24) is 20.2 Å². The van der Waals surface area contributed by atoms with Crippen LogP contribution in [0.1, 0.15) is 26.5 Å². The van der Waals surface area contributed by atoms with Crippen LogP contribution in [0.25, 0.3) is 0 Å². The molecule has 0 bridgehead atoms. The van der Waals surface area contributed by atoms with Crippen molar-refractivity contribution in [2.24, 2.45) is 5.92 Å². The number of nitrogens with one attached hydrogen (secondary N) is 1. The molecule has 1 aromatic rings. The van der Waals surface area contributed by atoms with E-state index in [0.717, 1.165) is 44.2 Å². The maximum absolute atomic E-state index is 4.56. The zero-order valence-electron chi connectivity index (χ0n) is 13.1. The number of aromatic nitrogens is 2. The number of hydrogen-bond acceptors (Lipinski definition) is 5. The minimum atomic E-state index is 0.568. The van der Waals surface area contributed by atoms with Crippen LogP contribution in [-0.2, 0) is 6.54 Å². The fourth-order valence-corrected chi connectivity index (χ4v) is 2.35. The zero-order valence-corrected chi connectivity index (χ0v) is 13.1. The SMILES string of the molecule is CC(C)CNCc1cnc(N2CCN(C)C(C)C2)cn1. The molecule has 1 atom stereocenters. The van der Waals surface area contributed by atoms with Crippen LogP contribution in [0.5, 0.6) is 0 Å². The van der Waals surface area contributed by atoms with Crippen molar-refractivity contribution in [2.75, 3.05) is 38.1 Å². The molecular formula is C15H27N5. The van der Waals surface area contributed by atoms with Crippen LogP contribution in [0.15, 0.2) is 12.4 Å². The summed E-state index contributed by atoms with van der Waals surface area (Å²) >= 11 is 0. The van der Waals surface area contributed by atoms with E-state index in [9.17, 15) is 0 Å². The molecule has 0 aromatic carbocycles. The Morgan fingerprint density at radius 3 is 2.70 bits per heavy atom. The maximum Gasteiger partial charge on any atom is 0.147 e. The standard InChI is InChI=1S/C15H27N5/c1-12(2)7-16-8-14-9-18-15(10-17-14)20-6-5-19(4)13(3)11-20/h9-10,12-13,16H,5-8,11H2,1-4H3. The number of rotatable bonds is 5. The minimum absolute atomic E-state index is 0.568. The lowest BCUT2D eigenvalue weighted by atomic mass is 10.2. The predicted molar refractivity (Wildman–Crippen MR) is 82.9 cm³/mol. The van der Waals surface area contributed by atoms with Crippen molar-refractivity contribution in [3.63, 3.8) is 0 Å². The van der Waals surface area contributed by atoms with E-state index in [2.05, 4.69) is 52.9 Å². The number of hydrogen-bond donors (Lipinski definition) is 1. The third-order valence-corrected chi connectivity index (χ3v) is 3.83. The van der Waals surface area contributed by atoms with Crippen LogP contribution < -0.4 is 10.2 Å². The molecule has 0 amide bonds. The van der Waals surface area contributed by atoms with Crippen molar-refractivity contribution in [2.45, 2.75) is 33.4 Å². The van der Waals surface area contributed by atoms with Crippen molar-refractivity contribution < 1.29 is 0 Å². The molecule has 1 unspecified atom stereocenters. The minimum Gasteiger partial charge on any atom is -0.353 e. The van der Waals surface area contributed by atoms with Crippen molar-refractivity contribution >= 4 is 5.82 Å². The van der Waals surface area contributed by atoms with Gasteiger partial charge in [0.2, 0.25) is 0 Å². The Labute approximate surface area is 122 Å². The van der Waals surface area contributed by atoms with Crippen molar-refractivity contribution in [3.05, 3.63) is 18.1 Å². The van der Waals surface area contributed by atoms with Gasteiger partial charge in [-0.3, -0.25) is 4.98 Å². The summed E-state index contributed by atoms with van der Waals surface area (Å²) in [5.41, 5.74) is 1.01. The van der Waals surface area contributed by atoms with E-state index in [1.54, 1.807) is 0 Å². The fraction of sp³-hybridized carbons (Fsp3) is 0.733. The summed E-state index contributed by atoms with van der Waals surface area (Å²) in [5, 5.41) is 3.39. The van der Waals surface area contributed by atoms with Gasteiger partial charge in [-0.1, -0.05) is 13.8 Å². The average Bonchev–Trinajstić information content (AvgIpc) is 2.42. The molecule has 1 aliphatic heterocycles. The largest absolute Gasteiger partial charge is 0.353 e. The van der Waals surface area contributed by atoms with Gasteiger partial charge in [-0.25, -0.2) is 4.98 Å². The Morgan fingerprint density at radius 1 is 1.30 bits per heavy atom. The summed E-state index contributed by atoms with van der Waals surface area (Å²) in [5.74, 6) is 1.66. The number of likely N-dealkylation sites (N-methyl/N-ethyl adjacent to an activating group) is 1. The maximum atomic E-state index is 4.56. The highest BCUT2D eigenvalue weighted by Crippen LogP contribution is 2.14. The second kappa shape index (κ2) is 6.99. The Balaban J connectivity index is 1.88. The van der Waals surface area contributed by atoms with Gasteiger partial charge < -0.3 is 15.1 Å². The highest BCUT2D eigenvalue weighted by molar-refractivity contribution is 5.36.